The molecule has 0 amide bonds. The van der Waals surface area contributed by atoms with Crippen molar-refractivity contribution in [3.8, 4) is 0 Å². The zero-order valence-electron chi connectivity index (χ0n) is 9.46. The van der Waals surface area contributed by atoms with Gasteiger partial charge in [0, 0.05) is 25.7 Å². The number of nitrogens with two attached hydrogens (primary N) is 1. The molecule has 1 aliphatic heterocycles. The number of ether oxygens (including phenoxy) is 1. The van der Waals surface area contributed by atoms with Gasteiger partial charge in [-0.1, -0.05) is 6.92 Å². The molecule has 1 rings (SSSR count). The van der Waals surface area contributed by atoms with Crippen molar-refractivity contribution in [1.29, 1.82) is 0 Å². The van der Waals surface area contributed by atoms with Crippen LogP contribution in [0.1, 0.15) is 13.3 Å². The molecule has 0 radical (unpaired) electrons. The fourth-order valence-electron chi connectivity index (χ4n) is 2.08. The largest absolute Gasteiger partial charge is 0.411 e. The number of rotatable bonds is 4. The first-order valence-electron chi connectivity index (χ1n) is 5.49. The number of likely N-dealkylation sites (tertiary alicyclic amines) is 1. The molecule has 2 N–H and O–H groups in total. The molecule has 1 heterocycles. The number of nitrogens with zero attached hydrogens (tertiary/aromatic N) is 1. The second-order valence-electron chi connectivity index (χ2n) is 4.53. The van der Waals surface area contributed by atoms with Crippen LogP contribution in [0.25, 0.3) is 0 Å². The average molecular weight is 240 g/mol. The van der Waals surface area contributed by atoms with Gasteiger partial charge in [0.05, 0.1) is 6.61 Å². The maximum absolute atomic E-state index is 11.8. The van der Waals surface area contributed by atoms with E-state index < -0.39 is 12.8 Å². The van der Waals surface area contributed by atoms with Gasteiger partial charge in [0.15, 0.2) is 0 Å². The van der Waals surface area contributed by atoms with Crippen LogP contribution in [0.4, 0.5) is 13.2 Å². The van der Waals surface area contributed by atoms with Crippen molar-refractivity contribution in [3.05, 3.63) is 0 Å². The molecule has 2 atom stereocenters. The summed E-state index contributed by atoms with van der Waals surface area (Å²) in [6.07, 6.45) is -3.24. The lowest BCUT2D eigenvalue weighted by atomic mass is 9.97. The normalized spacial score (nSPS) is 28.3. The van der Waals surface area contributed by atoms with Crippen molar-refractivity contribution in [3.63, 3.8) is 0 Å². The third-order valence-corrected chi connectivity index (χ3v) is 2.59. The van der Waals surface area contributed by atoms with E-state index in [0.717, 1.165) is 19.5 Å². The first-order chi connectivity index (χ1) is 7.37. The van der Waals surface area contributed by atoms with E-state index in [1.165, 1.54) is 0 Å². The highest BCUT2D eigenvalue weighted by Gasteiger charge is 2.27. The van der Waals surface area contributed by atoms with Crippen LogP contribution < -0.4 is 5.73 Å². The highest BCUT2D eigenvalue weighted by Crippen LogP contribution is 2.16. The van der Waals surface area contributed by atoms with Gasteiger partial charge in [-0.2, -0.15) is 13.2 Å². The lowest BCUT2D eigenvalue weighted by Crippen LogP contribution is -2.47. The van der Waals surface area contributed by atoms with Crippen molar-refractivity contribution in [1.82, 2.24) is 4.90 Å². The Labute approximate surface area is 93.7 Å². The molecule has 0 aromatic carbocycles. The second kappa shape index (κ2) is 5.84. The summed E-state index contributed by atoms with van der Waals surface area (Å²) >= 11 is 0. The van der Waals surface area contributed by atoms with Crippen molar-refractivity contribution in [2.75, 3.05) is 32.8 Å². The van der Waals surface area contributed by atoms with E-state index in [4.69, 9.17) is 5.73 Å². The maximum atomic E-state index is 11.8. The molecule has 0 bridgehead atoms. The minimum atomic E-state index is -4.23. The Hall–Kier alpha value is -0.330. The molecular formula is C10H19F3N2O. The lowest BCUT2D eigenvalue weighted by Gasteiger charge is -2.34. The topological polar surface area (TPSA) is 38.5 Å². The quantitative estimate of drug-likeness (QED) is 0.751. The van der Waals surface area contributed by atoms with Gasteiger partial charge >= 0.3 is 6.18 Å². The van der Waals surface area contributed by atoms with Crippen LogP contribution >= 0.6 is 0 Å². The Morgan fingerprint density at radius 3 is 2.62 bits per heavy atom. The number of halogens is 3. The fourth-order valence-corrected chi connectivity index (χ4v) is 2.08. The third kappa shape index (κ3) is 5.67. The molecule has 0 aliphatic carbocycles. The lowest BCUT2D eigenvalue weighted by molar-refractivity contribution is -0.174. The fraction of sp³-hybridized carbons (Fsp3) is 1.00. The van der Waals surface area contributed by atoms with E-state index in [0.29, 0.717) is 12.5 Å². The molecule has 0 aromatic rings. The van der Waals surface area contributed by atoms with Gasteiger partial charge in [0.2, 0.25) is 0 Å². The standard InChI is InChI=1S/C10H19F3N2O/c1-8-4-9(14)6-15(5-8)2-3-16-7-10(11,12)13/h8-9H,2-7,14H2,1H3. The molecule has 96 valence electrons. The van der Waals surface area contributed by atoms with Gasteiger partial charge in [-0.25, -0.2) is 0 Å². The molecule has 1 fully saturated rings. The number of hydrogen-bond acceptors (Lipinski definition) is 3. The second-order valence-corrected chi connectivity index (χ2v) is 4.53. The average Bonchev–Trinajstić information content (AvgIpc) is 2.09. The molecule has 0 aromatic heterocycles. The molecular weight excluding hydrogens is 221 g/mol. The first kappa shape index (κ1) is 13.7. The molecule has 0 spiro atoms. The van der Waals surface area contributed by atoms with E-state index in [1.807, 2.05) is 0 Å². The van der Waals surface area contributed by atoms with Crippen molar-refractivity contribution in [2.45, 2.75) is 25.6 Å². The molecule has 1 aliphatic rings. The zero-order chi connectivity index (χ0) is 12.2. The van der Waals surface area contributed by atoms with E-state index in [9.17, 15) is 13.2 Å². The molecule has 1 saturated heterocycles. The Morgan fingerprint density at radius 2 is 2.06 bits per heavy atom. The summed E-state index contributed by atoms with van der Waals surface area (Å²) in [6.45, 7) is 3.21. The monoisotopic (exact) mass is 240 g/mol. The van der Waals surface area contributed by atoms with Crippen LogP contribution in [0.3, 0.4) is 0 Å². The first-order valence-corrected chi connectivity index (χ1v) is 5.49. The van der Waals surface area contributed by atoms with Crippen LogP contribution in [-0.2, 0) is 4.74 Å². The van der Waals surface area contributed by atoms with Crippen molar-refractivity contribution < 1.29 is 17.9 Å². The Kier molecular flexibility index (Phi) is 5.01. The predicted molar refractivity (Wildman–Crippen MR) is 55.1 cm³/mol. The summed E-state index contributed by atoms with van der Waals surface area (Å²) in [7, 11) is 0. The summed E-state index contributed by atoms with van der Waals surface area (Å²) in [5.41, 5.74) is 5.83. The van der Waals surface area contributed by atoms with Gasteiger partial charge in [-0.15, -0.1) is 0 Å². The Bertz CT molecular complexity index is 201. The molecule has 0 saturated carbocycles. The Morgan fingerprint density at radius 1 is 1.38 bits per heavy atom. The van der Waals surface area contributed by atoms with E-state index in [1.54, 1.807) is 0 Å². The molecule has 16 heavy (non-hydrogen) atoms. The summed E-state index contributed by atoms with van der Waals surface area (Å²) in [5, 5.41) is 0. The van der Waals surface area contributed by atoms with E-state index >= 15 is 0 Å². The minimum absolute atomic E-state index is 0.110. The van der Waals surface area contributed by atoms with E-state index in [-0.39, 0.29) is 12.6 Å². The van der Waals surface area contributed by atoms with Crippen LogP contribution in [0.15, 0.2) is 0 Å². The molecule has 6 heteroatoms. The predicted octanol–water partition coefficient (Wildman–Crippen LogP) is 1.23. The minimum Gasteiger partial charge on any atom is -0.371 e. The van der Waals surface area contributed by atoms with Crippen LogP contribution in [0.5, 0.6) is 0 Å². The zero-order valence-corrected chi connectivity index (χ0v) is 9.46. The van der Waals surface area contributed by atoms with Gasteiger partial charge < -0.3 is 10.5 Å². The molecule has 3 nitrogen and oxygen atoms in total. The van der Waals surface area contributed by atoms with Gasteiger partial charge in [-0.3, -0.25) is 4.90 Å². The third-order valence-electron chi connectivity index (χ3n) is 2.59. The summed E-state index contributed by atoms with van der Waals surface area (Å²) in [6, 6.07) is 0.131. The van der Waals surface area contributed by atoms with Crippen molar-refractivity contribution >= 4 is 0 Å². The number of hydrogen-bond donors (Lipinski definition) is 1. The van der Waals surface area contributed by atoms with E-state index in [2.05, 4.69) is 16.6 Å². The summed E-state index contributed by atoms with van der Waals surface area (Å²) < 4.78 is 39.9. The van der Waals surface area contributed by atoms with Crippen LogP contribution in [0.2, 0.25) is 0 Å². The maximum Gasteiger partial charge on any atom is 0.411 e. The van der Waals surface area contributed by atoms with Gasteiger partial charge in [0.25, 0.3) is 0 Å². The number of alkyl halides is 3. The highest BCUT2D eigenvalue weighted by molar-refractivity contribution is 4.78. The summed E-state index contributed by atoms with van der Waals surface area (Å²) in [5.74, 6) is 0.506. The molecule has 2 unspecified atom stereocenters. The van der Waals surface area contributed by atoms with Gasteiger partial charge in [-0.05, 0) is 12.3 Å². The smallest absolute Gasteiger partial charge is 0.371 e. The number of piperidine rings is 1. The van der Waals surface area contributed by atoms with Crippen LogP contribution in [0, 0.1) is 5.92 Å². The van der Waals surface area contributed by atoms with Gasteiger partial charge in [0.1, 0.15) is 6.61 Å². The Balaban J connectivity index is 2.13. The van der Waals surface area contributed by atoms with Crippen molar-refractivity contribution in [2.24, 2.45) is 11.7 Å². The highest BCUT2D eigenvalue weighted by atomic mass is 19.4. The SMILES string of the molecule is CC1CC(N)CN(CCOCC(F)(F)F)C1. The summed E-state index contributed by atoms with van der Waals surface area (Å²) in [4.78, 5) is 2.06. The van der Waals surface area contributed by atoms with Crippen LogP contribution in [-0.4, -0.2) is 50.0 Å².